The molecular weight excluding hydrogens is 244 g/mol. The summed E-state index contributed by atoms with van der Waals surface area (Å²) in [5.41, 5.74) is 6.64. The maximum Gasteiger partial charge on any atom is 0.125 e. The standard InChI is InChI=1S/C13H20N4S/c1-17(2)13(6-3-7-13)9-16-11-5-4-10(8-15-11)12(14)18/h4-5,8H,3,6-7,9H2,1-2H3,(H2,14,18)(H,15,16). The quantitative estimate of drug-likeness (QED) is 0.791. The predicted molar refractivity (Wildman–Crippen MR) is 78.9 cm³/mol. The van der Waals surface area contributed by atoms with Gasteiger partial charge < -0.3 is 16.0 Å². The Kier molecular flexibility index (Phi) is 3.82. The monoisotopic (exact) mass is 264 g/mol. The van der Waals surface area contributed by atoms with Gasteiger partial charge in [-0.15, -0.1) is 0 Å². The summed E-state index contributed by atoms with van der Waals surface area (Å²) in [6.45, 7) is 0.930. The molecule has 2 rings (SSSR count). The fraction of sp³-hybridized carbons (Fsp3) is 0.538. The number of nitrogens with one attached hydrogen (secondary N) is 1. The van der Waals surface area contributed by atoms with Crippen molar-refractivity contribution in [3.63, 3.8) is 0 Å². The van der Waals surface area contributed by atoms with Gasteiger partial charge in [-0.25, -0.2) is 4.98 Å². The number of hydrogen-bond donors (Lipinski definition) is 2. The van der Waals surface area contributed by atoms with Crippen LogP contribution in [0.1, 0.15) is 24.8 Å². The zero-order chi connectivity index (χ0) is 13.2. The third kappa shape index (κ3) is 2.62. The van der Waals surface area contributed by atoms with E-state index >= 15 is 0 Å². The maximum atomic E-state index is 5.54. The molecule has 4 nitrogen and oxygen atoms in total. The molecule has 5 heteroatoms. The van der Waals surface area contributed by atoms with E-state index in [-0.39, 0.29) is 0 Å². The van der Waals surface area contributed by atoms with Gasteiger partial charge >= 0.3 is 0 Å². The van der Waals surface area contributed by atoms with Gasteiger partial charge in [-0.2, -0.15) is 0 Å². The molecule has 0 amide bonds. The number of pyridine rings is 1. The maximum absolute atomic E-state index is 5.54. The SMILES string of the molecule is CN(C)C1(CNc2ccc(C(N)=S)cn2)CCC1. The second-order valence-electron chi connectivity index (χ2n) is 5.12. The van der Waals surface area contributed by atoms with Crippen molar-refractivity contribution in [2.24, 2.45) is 5.73 Å². The fourth-order valence-corrected chi connectivity index (χ4v) is 2.39. The summed E-state index contributed by atoms with van der Waals surface area (Å²) < 4.78 is 0. The summed E-state index contributed by atoms with van der Waals surface area (Å²) in [7, 11) is 4.29. The van der Waals surface area contributed by atoms with Crippen molar-refractivity contribution in [2.75, 3.05) is 26.0 Å². The summed E-state index contributed by atoms with van der Waals surface area (Å²) in [6, 6.07) is 3.83. The molecule has 0 saturated heterocycles. The lowest BCUT2D eigenvalue weighted by Gasteiger charge is -2.47. The van der Waals surface area contributed by atoms with Gasteiger partial charge in [0.1, 0.15) is 10.8 Å². The molecule has 1 heterocycles. The minimum absolute atomic E-state index is 0.295. The van der Waals surface area contributed by atoms with E-state index in [1.807, 2.05) is 12.1 Å². The third-order valence-corrected chi connectivity index (χ3v) is 4.12. The molecule has 0 spiro atoms. The lowest BCUT2D eigenvalue weighted by atomic mass is 9.75. The summed E-state index contributed by atoms with van der Waals surface area (Å²) in [4.78, 5) is 7.02. The van der Waals surface area contributed by atoms with E-state index in [1.54, 1.807) is 6.20 Å². The van der Waals surface area contributed by atoms with Crippen LogP contribution in [0.4, 0.5) is 5.82 Å². The lowest BCUT2D eigenvalue weighted by Crippen LogP contribution is -2.54. The molecule has 1 fully saturated rings. The van der Waals surface area contributed by atoms with Crippen molar-refractivity contribution in [2.45, 2.75) is 24.8 Å². The van der Waals surface area contributed by atoms with Crippen molar-refractivity contribution >= 4 is 23.0 Å². The van der Waals surface area contributed by atoms with Gasteiger partial charge in [0.05, 0.1) is 0 Å². The molecule has 1 aliphatic carbocycles. The highest BCUT2D eigenvalue weighted by molar-refractivity contribution is 7.80. The van der Waals surface area contributed by atoms with E-state index in [0.29, 0.717) is 10.5 Å². The largest absolute Gasteiger partial charge is 0.389 e. The Morgan fingerprint density at radius 3 is 2.61 bits per heavy atom. The molecule has 98 valence electrons. The average molecular weight is 264 g/mol. The number of likely N-dealkylation sites (N-methyl/N-ethyl adjacent to an activating group) is 1. The van der Waals surface area contributed by atoms with Gasteiger partial charge in [0, 0.05) is 23.8 Å². The first-order chi connectivity index (χ1) is 8.53. The lowest BCUT2D eigenvalue weighted by molar-refractivity contribution is 0.0738. The summed E-state index contributed by atoms with van der Waals surface area (Å²) in [5.74, 6) is 0.878. The fourth-order valence-electron chi connectivity index (χ4n) is 2.27. The highest BCUT2D eigenvalue weighted by Crippen LogP contribution is 2.36. The van der Waals surface area contributed by atoms with E-state index in [4.69, 9.17) is 18.0 Å². The molecular formula is C13H20N4S. The number of thiocarbonyl (C=S) groups is 1. The predicted octanol–water partition coefficient (Wildman–Crippen LogP) is 1.61. The van der Waals surface area contributed by atoms with E-state index in [2.05, 4.69) is 29.3 Å². The minimum Gasteiger partial charge on any atom is -0.389 e. The average Bonchev–Trinajstić information content (AvgIpc) is 2.27. The Morgan fingerprint density at radius 2 is 2.22 bits per heavy atom. The van der Waals surface area contributed by atoms with Crippen LogP contribution < -0.4 is 11.1 Å². The highest BCUT2D eigenvalue weighted by atomic mass is 32.1. The third-order valence-electron chi connectivity index (χ3n) is 3.88. The zero-order valence-corrected chi connectivity index (χ0v) is 11.8. The van der Waals surface area contributed by atoms with Crippen LogP contribution in [-0.2, 0) is 0 Å². The molecule has 1 aromatic rings. The van der Waals surface area contributed by atoms with Gasteiger partial charge in [0.25, 0.3) is 0 Å². The van der Waals surface area contributed by atoms with Crippen LogP contribution in [0.5, 0.6) is 0 Å². The molecule has 3 N–H and O–H groups in total. The second-order valence-corrected chi connectivity index (χ2v) is 5.56. The molecule has 18 heavy (non-hydrogen) atoms. The van der Waals surface area contributed by atoms with Crippen molar-refractivity contribution in [1.29, 1.82) is 0 Å². The van der Waals surface area contributed by atoms with Gasteiger partial charge in [-0.3, -0.25) is 0 Å². The Balaban J connectivity index is 1.96. The Bertz CT molecular complexity index is 423. The van der Waals surface area contributed by atoms with Gasteiger partial charge in [-0.1, -0.05) is 12.2 Å². The first kappa shape index (κ1) is 13.2. The van der Waals surface area contributed by atoms with Crippen molar-refractivity contribution in [1.82, 2.24) is 9.88 Å². The molecule has 1 saturated carbocycles. The Hall–Kier alpha value is -1.20. The van der Waals surface area contributed by atoms with E-state index in [1.165, 1.54) is 19.3 Å². The minimum atomic E-state index is 0.295. The topological polar surface area (TPSA) is 54.2 Å². The van der Waals surface area contributed by atoms with Gasteiger partial charge in [0.15, 0.2) is 0 Å². The summed E-state index contributed by atoms with van der Waals surface area (Å²) in [5, 5.41) is 3.40. The zero-order valence-electron chi connectivity index (χ0n) is 10.9. The molecule has 0 radical (unpaired) electrons. The Morgan fingerprint density at radius 1 is 1.50 bits per heavy atom. The van der Waals surface area contributed by atoms with Crippen molar-refractivity contribution in [3.05, 3.63) is 23.9 Å². The normalized spacial score (nSPS) is 17.3. The summed E-state index contributed by atoms with van der Waals surface area (Å²) >= 11 is 4.90. The van der Waals surface area contributed by atoms with E-state index < -0.39 is 0 Å². The molecule has 0 bridgehead atoms. The van der Waals surface area contributed by atoms with Gasteiger partial charge in [-0.05, 0) is 45.5 Å². The highest BCUT2D eigenvalue weighted by Gasteiger charge is 2.38. The molecule has 0 atom stereocenters. The van der Waals surface area contributed by atoms with Crippen LogP contribution in [0.15, 0.2) is 18.3 Å². The number of nitrogens with zero attached hydrogens (tertiary/aromatic N) is 2. The van der Waals surface area contributed by atoms with E-state index in [0.717, 1.165) is 17.9 Å². The molecule has 0 unspecified atom stereocenters. The first-order valence-electron chi connectivity index (χ1n) is 6.21. The van der Waals surface area contributed by atoms with E-state index in [9.17, 15) is 0 Å². The van der Waals surface area contributed by atoms with Crippen LogP contribution in [0.3, 0.4) is 0 Å². The molecule has 0 aromatic carbocycles. The molecule has 1 aromatic heterocycles. The summed E-state index contributed by atoms with van der Waals surface area (Å²) in [6.07, 6.45) is 5.53. The molecule has 0 aliphatic heterocycles. The number of aromatic nitrogens is 1. The van der Waals surface area contributed by atoms with Crippen LogP contribution in [0, 0.1) is 0 Å². The number of rotatable bonds is 5. The van der Waals surface area contributed by atoms with Crippen LogP contribution in [0.25, 0.3) is 0 Å². The molecule has 1 aliphatic rings. The van der Waals surface area contributed by atoms with Gasteiger partial charge in [0.2, 0.25) is 0 Å². The van der Waals surface area contributed by atoms with Crippen molar-refractivity contribution in [3.8, 4) is 0 Å². The van der Waals surface area contributed by atoms with Crippen LogP contribution in [-0.4, -0.2) is 41.1 Å². The van der Waals surface area contributed by atoms with Crippen molar-refractivity contribution < 1.29 is 0 Å². The Labute approximate surface area is 114 Å². The van der Waals surface area contributed by atoms with Crippen LogP contribution >= 0.6 is 12.2 Å². The van der Waals surface area contributed by atoms with Crippen LogP contribution in [0.2, 0.25) is 0 Å². The number of hydrogen-bond acceptors (Lipinski definition) is 4. The first-order valence-corrected chi connectivity index (χ1v) is 6.61. The second kappa shape index (κ2) is 5.20. The smallest absolute Gasteiger partial charge is 0.125 e. The number of nitrogens with two attached hydrogens (primary N) is 1. The number of anilines is 1.